The van der Waals surface area contributed by atoms with E-state index in [0.29, 0.717) is 0 Å². The van der Waals surface area contributed by atoms with E-state index in [9.17, 15) is 9.59 Å². The Morgan fingerprint density at radius 3 is 2.83 bits per heavy atom. The van der Waals surface area contributed by atoms with Crippen LogP contribution in [0.4, 0.5) is 0 Å². The average molecular weight is 170 g/mol. The zero-order valence-corrected chi connectivity index (χ0v) is 7.39. The fourth-order valence-electron chi connectivity index (χ4n) is 1.20. The minimum Gasteiger partial charge on any atom is -0.345 e. The molecule has 1 fully saturated rings. The molecule has 0 bridgehead atoms. The van der Waals surface area contributed by atoms with Crippen molar-refractivity contribution in [3.63, 3.8) is 0 Å². The van der Waals surface area contributed by atoms with E-state index in [1.165, 1.54) is 0 Å². The monoisotopic (exact) mass is 170 g/mol. The molecule has 1 saturated heterocycles. The molecule has 68 valence electrons. The molecule has 12 heavy (non-hydrogen) atoms. The lowest BCUT2D eigenvalue weighted by Gasteiger charge is -2.27. The summed E-state index contributed by atoms with van der Waals surface area (Å²) in [6, 6.07) is -0.337. The molecule has 0 saturated carbocycles. The van der Waals surface area contributed by atoms with Gasteiger partial charge in [0, 0.05) is 0 Å². The van der Waals surface area contributed by atoms with Crippen LogP contribution in [-0.4, -0.2) is 24.4 Å². The summed E-state index contributed by atoms with van der Waals surface area (Å²) in [5, 5.41) is 5.21. The SMILES string of the molecule is CCC(C)[C@H]1NC(=O)CNC1=O. The van der Waals surface area contributed by atoms with Crippen LogP contribution in [0.15, 0.2) is 0 Å². The second-order valence-corrected chi connectivity index (χ2v) is 3.15. The Hall–Kier alpha value is -1.06. The molecule has 1 rings (SSSR count). The van der Waals surface area contributed by atoms with E-state index in [2.05, 4.69) is 10.6 Å². The van der Waals surface area contributed by atoms with Crippen LogP contribution in [0.3, 0.4) is 0 Å². The van der Waals surface area contributed by atoms with E-state index < -0.39 is 0 Å². The highest BCUT2D eigenvalue weighted by atomic mass is 16.2. The molecule has 0 spiro atoms. The van der Waals surface area contributed by atoms with Crippen LogP contribution in [0.5, 0.6) is 0 Å². The molecule has 0 aromatic rings. The summed E-state index contributed by atoms with van der Waals surface area (Å²) in [6.07, 6.45) is 0.887. The van der Waals surface area contributed by atoms with Crippen LogP contribution in [-0.2, 0) is 9.59 Å². The van der Waals surface area contributed by atoms with Gasteiger partial charge in [-0.2, -0.15) is 0 Å². The number of carbonyl (C=O) groups excluding carboxylic acids is 2. The first-order chi connectivity index (χ1) is 5.65. The van der Waals surface area contributed by atoms with Gasteiger partial charge in [-0.1, -0.05) is 20.3 Å². The summed E-state index contributed by atoms with van der Waals surface area (Å²) < 4.78 is 0. The molecule has 4 heteroatoms. The number of amides is 2. The summed E-state index contributed by atoms with van der Waals surface area (Å²) in [5.74, 6) is 0.0399. The van der Waals surface area contributed by atoms with Gasteiger partial charge in [0.2, 0.25) is 11.8 Å². The molecule has 1 aliphatic heterocycles. The van der Waals surface area contributed by atoms with Crippen molar-refractivity contribution in [3.05, 3.63) is 0 Å². The van der Waals surface area contributed by atoms with Crippen molar-refractivity contribution in [1.29, 1.82) is 0 Å². The van der Waals surface area contributed by atoms with Gasteiger partial charge in [0.15, 0.2) is 0 Å². The summed E-state index contributed by atoms with van der Waals surface area (Å²) in [5.41, 5.74) is 0. The average Bonchev–Trinajstić information content (AvgIpc) is 2.08. The Balaban J connectivity index is 2.60. The van der Waals surface area contributed by atoms with Crippen molar-refractivity contribution in [2.75, 3.05) is 6.54 Å². The van der Waals surface area contributed by atoms with Gasteiger partial charge in [-0.25, -0.2) is 0 Å². The standard InChI is InChI=1S/C8H14N2O2/c1-3-5(2)7-8(12)9-4-6(11)10-7/h5,7H,3-4H2,1-2H3,(H,9,12)(H,10,11)/t5?,7-/m1/s1. The lowest BCUT2D eigenvalue weighted by Crippen LogP contribution is -2.58. The van der Waals surface area contributed by atoms with E-state index in [1.54, 1.807) is 0 Å². The van der Waals surface area contributed by atoms with Gasteiger partial charge in [-0.3, -0.25) is 9.59 Å². The fraction of sp³-hybridized carbons (Fsp3) is 0.750. The van der Waals surface area contributed by atoms with Crippen molar-refractivity contribution in [1.82, 2.24) is 10.6 Å². The van der Waals surface area contributed by atoms with Crippen molar-refractivity contribution >= 4 is 11.8 Å². The molecule has 4 nitrogen and oxygen atoms in total. The number of carbonyl (C=O) groups is 2. The highest BCUT2D eigenvalue weighted by Gasteiger charge is 2.29. The minimum absolute atomic E-state index is 0.0658. The van der Waals surface area contributed by atoms with Crippen LogP contribution in [0.25, 0.3) is 0 Å². The van der Waals surface area contributed by atoms with Crippen molar-refractivity contribution < 1.29 is 9.59 Å². The van der Waals surface area contributed by atoms with E-state index in [1.807, 2.05) is 13.8 Å². The van der Waals surface area contributed by atoms with Crippen molar-refractivity contribution in [3.8, 4) is 0 Å². The largest absolute Gasteiger partial charge is 0.345 e. The lowest BCUT2D eigenvalue weighted by molar-refractivity contribution is -0.134. The molecule has 1 heterocycles. The zero-order chi connectivity index (χ0) is 9.14. The zero-order valence-electron chi connectivity index (χ0n) is 7.39. The van der Waals surface area contributed by atoms with Gasteiger partial charge in [0.1, 0.15) is 6.04 Å². The van der Waals surface area contributed by atoms with Crippen molar-refractivity contribution in [2.24, 2.45) is 5.92 Å². The van der Waals surface area contributed by atoms with Crippen LogP contribution in [0, 0.1) is 5.92 Å². The predicted octanol–water partition coefficient (Wildman–Crippen LogP) is -0.353. The number of hydrogen-bond donors (Lipinski definition) is 2. The quantitative estimate of drug-likeness (QED) is 0.595. The number of nitrogens with one attached hydrogen (secondary N) is 2. The lowest BCUT2D eigenvalue weighted by atomic mass is 9.97. The Bertz CT molecular complexity index is 203. The molecule has 2 N–H and O–H groups in total. The molecule has 0 aliphatic carbocycles. The topological polar surface area (TPSA) is 58.2 Å². The summed E-state index contributed by atoms with van der Waals surface area (Å²) >= 11 is 0. The second kappa shape index (κ2) is 3.56. The molecule has 1 unspecified atom stereocenters. The molecule has 0 radical (unpaired) electrons. The second-order valence-electron chi connectivity index (χ2n) is 3.15. The maximum atomic E-state index is 11.2. The van der Waals surface area contributed by atoms with Crippen LogP contribution in [0.1, 0.15) is 20.3 Å². The van der Waals surface area contributed by atoms with E-state index in [0.717, 1.165) is 6.42 Å². The fourth-order valence-corrected chi connectivity index (χ4v) is 1.20. The third kappa shape index (κ3) is 1.75. The first-order valence-corrected chi connectivity index (χ1v) is 4.22. The predicted molar refractivity (Wildman–Crippen MR) is 44.4 cm³/mol. The Labute approximate surface area is 71.7 Å². The van der Waals surface area contributed by atoms with Crippen LogP contribution in [0.2, 0.25) is 0 Å². The normalized spacial score (nSPS) is 26.0. The third-order valence-electron chi connectivity index (χ3n) is 2.24. The number of piperazine rings is 1. The van der Waals surface area contributed by atoms with Crippen LogP contribution >= 0.6 is 0 Å². The van der Waals surface area contributed by atoms with Crippen molar-refractivity contribution in [2.45, 2.75) is 26.3 Å². The molecule has 2 amide bonds. The molecular weight excluding hydrogens is 156 g/mol. The minimum atomic E-state index is -0.337. The Morgan fingerprint density at radius 1 is 1.58 bits per heavy atom. The van der Waals surface area contributed by atoms with Gasteiger partial charge in [0.05, 0.1) is 6.54 Å². The molecule has 1 aliphatic rings. The van der Waals surface area contributed by atoms with Gasteiger partial charge in [-0.15, -0.1) is 0 Å². The third-order valence-corrected chi connectivity index (χ3v) is 2.24. The summed E-state index contributed by atoms with van der Waals surface area (Å²) in [4.78, 5) is 22.1. The Kier molecular flexibility index (Phi) is 2.68. The summed E-state index contributed by atoms with van der Waals surface area (Å²) in [6.45, 7) is 4.07. The van der Waals surface area contributed by atoms with Gasteiger partial charge >= 0.3 is 0 Å². The first-order valence-electron chi connectivity index (χ1n) is 4.22. The number of hydrogen-bond acceptors (Lipinski definition) is 2. The first kappa shape index (κ1) is 9.03. The van der Waals surface area contributed by atoms with E-state index in [4.69, 9.17) is 0 Å². The Morgan fingerprint density at radius 2 is 2.25 bits per heavy atom. The molecule has 0 aromatic heterocycles. The van der Waals surface area contributed by atoms with Gasteiger partial charge in [-0.05, 0) is 5.92 Å². The highest BCUT2D eigenvalue weighted by Crippen LogP contribution is 2.09. The maximum Gasteiger partial charge on any atom is 0.243 e. The van der Waals surface area contributed by atoms with Gasteiger partial charge < -0.3 is 10.6 Å². The van der Waals surface area contributed by atoms with E-state index >= 15 is 0 Å². The molecule has 0 aromatic carbocycles. The van der Waals surface area contributed by atoms with Gasteiger partial charge in [0.25, 0.3) is 0 Å². The van der Waals surface area contributed by atoms with Crippen LogP contribution < -0.4 is 10.6 Å². The smallest absolute Gasteiger partial charge is 0.243 e. The van der Waals surface area contributed by atoms with E-state index in [-0.39, 0.29) is 30.3 Å². The number of rotatable bonds is 2. The highest BCUT2D eigenvalue weighted by molar-refractivity contribution is 5.94. The molecular formula is C8H14N2O2. The summed E-state index contributed by atoms with van der Waals surface area (Å²) in [7, 11) is 0. The maximum absolute atomic E-state index is 11.2. The molecule has 2 atom stereocenters.